The van der Waals surface area contributed by atoms with E-state index >= 15 is 0 Å². The van der Waals surface area contributed by atoms with Gasteiger partial charge in [0.1, 0.15) is 11.7 Å². The molecule has 1 N–H and O–H groups in total. The van der Waals surface area contributed by atoms with Crippen molar-refractivity contribution in [2.24, 2.45) is 0 Å². The van der Waals surface area contributed by atoms with Crippen LogP contribution in [0.4, 0.5) is 0 Å². The minimum atomic E-state index is -0.290. The van der Waals surface area contributed by atoms with Gasteiger partial charge in [0.25, 0.3) is 5.91 Å². The van der Waals surface area contributed by atoms with E-state index in [-0.39, 0.29) is 11.9 Å². The van der Waals surface area contributed by atoms with Crippen LogP contribution in [-0.2, 0) is 6.42 Å². The van der Waals surface area contributed by atoms with Crippen molar-refractivity contribution in [3.05, 3.63) is 88.9 Å². The minimum Gasteiger partial charge on any atom is -0.356 e. The highest BCUT2D eigenvalue weighted by atomic mass is 16.2. The first-order valence-corrected chi connectivity index (χ1v) is 9.74. The second kappa shape index (κ2) is 6.81. The molecule has 1 aliphatic rings. The molecule has 4 aromatic rings. The second-order valence-electron chi connectivity index (χ2n) is 7.46. The maximum absolute atomic E-state index is 13.4. The number of benzene rings is 1. The van der Waals surface area contributed by atoms with E-state index in [1.165, 1.54) is 10.9 Å². The fourth-order valence-corrected chi connectivity index (χ4v) is 4.13. The molecule has 0 bridgehead atoms. The lowest BCUT2D eigenvalue weighted by molar-refractivity contribution is 0.0682. The Bertz CT molecular complexity index is 1210. The standard InChI is InChI=1S/C23H21N5O/c1-14-6-5-9-19(26-14)22-21-17(16-7-3-4-8-18(16)27-21)10-11-28(22)23(29)20-13-24-15(2)12-25-20/h3-9,12-13,22,27H,10-11H2,1-2H3. The molecule has 6 heteroatoms. The maximum Gasteiger partial charge on any atom is 0.274 e. The first-order chi connectivity index (χ1) is 14.1. The fourth-order valence-electron chi connectivity index (χ4n) is 4.13. The number of aromatic nitrogens is 4. The molecule has 5 rings (SSSR count). The van der Waals surface area contributed by atoms with Crippen LogP contribution in [0.5, 0.6) is 0 Å². The monoisotopic (exact) mass is 383 g/mol. The fraction of sp³-hybridized carbons (Fsp3) is 0.217. The van der Waals surface area contributed by atoms with Crippen LogP contribution in [0.1, 0.15) is 44.9 Å². The van der Waals surface area contributed by atoms with Crippen LogP contribution < -0.4 is 0 Å². The SMILES string of the molecule is Cc1cnc(C(=O)N2CCc3c([nH]c4ccccc34)C2c2cccc(C)n2)cn1. The summed E-state index contributed by atoms with van der Waals surface area (Å²) in [6.45, 7) is 4.43. The average Bonchev–Trinajstić information content (AvgIpc) is 3.12. The Morgan fingerprint density at radius 3 is 2.69 bits per heavy atom. The number of carbonyl (C=O) groups excluding carboxylic acids is 1. The third kappa shape index (κ3) is 2.97. The van der Waals surface area contributed by atoms with E-state index < -0.39 is 0 Å². The summed E-state index contributed by atoms with van der Waals surface area (Å²) >= 11 is 0. The first-order valence-electron chi connectivity index (χ1n) is 9.74. The molecule has 1 aromatic carbocycles. The van der Waals surface area contributed by atoms with Gasteiger partial charge in [-0.05, 0) is 44.0 Å². The van der Waals surface area contributed by atoms with Gasteiger partial charge in [-0.25, -0.2) is 4.98 Å². The van der Waals surface area contributed by atoms with Gasteiger partial charge in [-0.1, -0.05) is 24.3 Å². The topological polar surface area (TPSA) is 74.8 Å². The summed E-state index contributed by atoms with van der Waals surface area (Å²) in [7, 11) is 0. The number of rotatable bonds is 2. The molecule has 0 fully saturated rings. The smallest absolute Gasteiger partial charge is 0.274 e. The number of nitrogens with one attached hydrogen (secondary N) is 1. The molecule has 0 spiro atoms. The summed E-state index contributed by atoms with van der Waals surface area (Å²) in [5, 5.41) is 1.21. The van der Waals surface area contributed by atoms with Crippen molar-refractivity contribution in [3.8, 4) is 0 Å². The van der Waals surface area contributed by atoms with E-state index in [0.29, 0.717) is 12.2 Å². The second-order valence-corrected chi connectivity index (χ2v) is 7.46. The summed E-state index contributed by atoms with van der Waals surface area (Å²) in [5.74, 6) is -0.130. The Hall–Kier alpha value is -3.54. The zero-order chi connectivity index (χ0) is 20.0. The summed E-state index contributed by atoms with van der Waals surface area (Å²) < 4.78 is 0. The number of hydrogen-bond acceptors (Lipinski definition) is 4. The Labute approximate surface area is 168 Å². The van der Waals surface area contributed by atoms with Gasteiger partial charge in [-0.15, -0.1) is 0 Å². The number of hydrogen-bond donors (Lipinski definition) is 1. The normalized spacial score (nSPS) is 16.1. The van der Waals surface area contributed by atoms with E-state index in [9.17, 15) is 4.79 Å². The lowest BCUT2D eigenvalue weighted by Gasteiger charge is -2.35. The Morgan fingerprint density at radius 2 is 1.90 bits per heavy atom. The number of aryl methyl sites for hydroxylation is 2. The number of nitrogens with zero attached hydrogens (tertiary/aromatic N) is 4. The molecular weight excluding hydrogens is 362 g/mol. The van der Waals surface area contributed by atoms with E-state index in [4.69, 9.17) is 4.98 Å². The molecule has 0 saturated carbocycles. The lowest BCUT2D eigenvalue weighted by atomic mass is 9.94. The predicted octanol–water partition coefficient (Wildman–Crippen LogP) is 3.76. The highest BCUT2D eigenvalue weighted by Gasteiger charge is 2.36. The third-order valence-corrected chi connectivity index (χ3v) is 5.49. The summed E-state index contributed by atoms with van der Waals surface area (Å²) in [6.07, 6.45) is 3.97. The van der Waals surface area contributed by atoms with Gasteiger partial charge in [0.15, 0.2) is 0 Å². The van der Waals surface area contributed by atoms with Crippen LogP contribution in [-0.4, -0.2) is 37.3 Å². The Morgan fingerprint density at radius 1 is 1.03 bits per heavy atom. The van der Waals surface area contributed by atoms with Crippen LogP contribution in [0.2, 0.25) is 0 Å². The number of pyridine rings is 1. The van der Waals surface area contributed by atoms with Crippen molar-refractivity contribution in [1.29, 1.82) is 0 Å². The summed E-state index contributed by atoms with van der Waals surface area (Å²) in [6, 6.07) is 13.9. The molecule has 0 saturated heterocycles. The number of amides is 1. The van der Waals surface area contributed by atoms with Gasteiger partial charge in [-0.2, -0.15) is 0 Å². The maximum atomic E-state index is 13.4. The molecule has 29 heavy (non-hydrogen) atoms. The van der Waals surface area contributed by atoms with E-state index in [0.717, 1.165) is 34.7 Å². The van der Waals surface area contributed by atoms with Gasteiger partial charge < -0.3 is 9.88 Å². The quantitative estimate of drug-likeness (QED) is 0.572. The molecule has 0 aliphatic carbocycles. The van der Waals surface area contributed by atoms with Gasteiger partial charge in [0, 0.05) is 35.0 Å². The van der Waals surface area contributed by atoms with Crippen LogP contribution in [0, 0.1) is 13.8 Å². The molecule has 3 aromatic heterocycles. The van der Waals surface area contributed by atoms with Crippen molar-refractivity contribution in [2.45, 2.75) is 26.3 Å². The molecule has 6 nitrogen and oxygen atoms in total. The predicted molar refractivity (Wildman–Crippen MR) is 111 cm³/mol. The average molecular weight is 383 g/mol. The molecule has 1 atom stereocenters. The Kier molecular flexibility index (Phi) is 4.12. The van der Waals surface area contributed by atoms with Gasteiger partial charge in [0.2, 0.25) is 0 Å². The van der Waals surface area contributed by atoms with Crippen molar-refractivity contribution < 1.29 is 4.79 Å². The van der Waals surface area contributed by atoms with Crippen LogP contribution in [0.25, 0.3) is 10.9 Å². The molecule has 4 heterocycles. The molecule has 1 amide bonds. The van der Waals surface area contributed by atoms with Gasteiger partial charge >= 0.3 is 0 Å². The largest absolute Gasteiger partial charge is 0.356 e. The highest BCUT2D eigenvalue weighted by Crippen LogP contribution is 2.38. The Balaban J connectivity index is 1.66. The van der Waals surface area contributed by atoms with Crippen LogP contribution in [0.15, 0.2) is 54.9 Å². The van der Waals surface area contributed by atoms with Crippen molar-refractivity contribution in [3.63, 3.8) is 0 Å². The van der Waals surface area contributed by atoms with Crippen LogP contribution >= 0.6 is 0 Å². The van der Waals surface area contributed by atoms with E-state index in [2.05, 4.69) is 33.2 Å². The van der Waals surface area contributed by atoms with Crippen molar-refractivity contribution in [1.82, 2.24) is 24.8 Å². The minimum absolute atomic E-state index is 0.130. The summed E-state index contributed by atoms with van der Waals surface area (Å²) in [5.41, 5.74) is 6.29. The third-order valence-electron chi connectivity index (χ3n) is 5.49. The van der Waals surface area contributed by atoms with Crippen molar-refractivity contribution >= 4 is 16.8 Å². The first kappa shape index (κ1) is 17.6. The number of carbonyl (C=O) groups is 1. The molecular formula is C23H21N5O. The lowest BCUT2D eigenvalue weighted by Crippen LogP contribution is -2.41. The zero-order valence-electron chi connectivity index (χ0n) is 16.4. The van der Waals surface area contributed by atoms with Gasteiger partial charge in [0.05, 0.1) is 17.6 Å². The molecule has 1 unspecified atom stereocenters. The van der Waals surface area contributed by atoms with Crippen LogP contribution in [0.3, 0.4) is 0 Å². The number of aromatic amines is 1. The molecule has 1 aliphatic heterocycles. The highest BCUT2D eigenvalue weighted by molar-refractivity contribution is 5.93. The van der Waals surface area contributed by atoms with E-state index in [1.807, 2.05) is 43.0 Å². The van der Waals surface area contributed by atoms with E-state index in [1.54, 1.807) is 12.4 Å². The number of fused-ring (bicyclic) bond motifs is 3. The number of para-hydroxylation sites is 1. The van der Waals surface area contributed by atoms with Crippen molar-refractivity contribution in [2.75, 3.05) is 6.54 Å². The zero-order valence-corrected chi connectivity index (χ0v) is 16.4. The number of H-pyrrole nitrogens is 1. The molecule has 144 valence electrons. The summed E-state index contributed by atoms with van der Waals surface area (Å²) in [4.78, 5) is 32.1. The molecule has 0 radical (unpaired) electrons. The van der Waals surface area contributed by atoms with Gasteiger partial charge in [-0.3, -0.25) is 14.8 Å².